The van der Waals surface area contributed by atoms with Crippen molar-refractivity contribution in [1.29, 1.82) is 0 Å². The molecule has 0 N–H and O–H groups in total. The standard InChI is InChI=1S/C9H16O2/c1-4-8(2)9(10)6-5-7-11-3/h5-6,8H,4,7H2,1-3H3/b6-5+. The highest BCUT2D eigenvalue weighted by atomic mass is 16.5. The maximum Gasteiger partial charge on any atom is 0.158 e. The molecule has 0 saturated carbocycles. The largest absolute Gasteiger partial charge is 0.381 e. The molecule has 0 aliphatic heterocycles. The van der Waals surface area contributed by atoms with Crippen molar-refractivity contribution in [3.63, 3.8) is 0 Å². The van der Waals surface area contributed by atoms with E-state index in [1.165, 1.54) is 0 Å². The van der Waals surface area contributed by atoms with Crippen molar-refractivity contribution in [3.8, 4) is 0 Å². The van der Waals surface area contributed by atoms with Crippen molar-refractivity contribution < 1.29 is 9.53 Å². The molecule has 0 aromatic carbocycles. The number of methoxy groups -OCH3 is 1. The van der Waals surface area contributed by atoms with Gasteiger partial charge in [0.15, 0.2) is 5.78 Å². The highest BCUT2D eigenvalue weighted by Crippen LogP contribution is 2.02. The van der Waals surface area contributed by atoms with E-state index in [0.29, 0.717) is 6.61 Å². The first-order valence-corrected chi connectivity index (χ1v) is 3.91. The van der Waals surface area contributed by atoms with Gasteiger partial charge in [0.2, 0.25) is 0 Å². The molecular weight excluding hydrogens is 140 g/mol. The van der Waals surface area contributed by atoms with Gasteiger partial charge in [-0.05, 0) is 12.5 Å². The average Bonchev–Trinajstić information content (AvgIpc) is 2.03. The lowest BCUT2D eigenvalue weighted by atomic mass is 10.0. The lowest BCUT2D eigenvalue weighted by Gasteiger charge is -2.00. The molecule has 0 aromatic rings. The summed E-state index contributed by atoms with van der Waals surface area (Å²) in [5, 5.41) is 0. The van der Waals surface area contributed by atoms with Gasteiger partial charge in [-0.1, -0.05) is 19.9 Å². The summed E-state index contributed by atoms with van der Waals surface area (Å²) in [6, 6.07) is 0. The van der Waals surface area contributed by atoms with Crippen molar-refractivity contribution in [2.45, 2.75) is 20.3 Å². The minimum Gasteiger partial charge on any atom is -0.381 e. The van der Waals surface area contributed by atoms with Crippen LogP contribution in [0.5, 0.6) is 0 Å². The highest BCUT2D eigenvalue weighted by molar-refractivity contribution is 5.91. The molecular formula is C9H16O2. The maximum absolute atomic E-state index is 11.1. The molecule has 64 valence electrons. The van der Waals surface area contributed by atoms with Crippen LogP contribution < -0.4 is 0 Å². The zero-order valence-electron chi connectivity index (χ0n) is 7.46. The van der Waals surface area contributed by atoms with E-state index in [2.05, 4.69) is 0 Å². The third kappa shape index (κ3) is 4.73. The zero-order chi connectivity index (χ0) is 8.69. The Morgan fingerprint density at radius 1 is 1.64 bits per heavy atom. The molecule has 0 spiro atoms. The number of carbonyl (C=O) groups is 1. The van der Waals surface area contributed by atoms with Crippen molar-refractivity contribution >= 4 is 5.78 Å². The molecule has 0 rings (SSSR count). The first-order chi connectivity index (χ1) is 5.22. The van der Waals surface area contributed by atoms with Gasteiger partial charge in [0.25, 0.3) is 0 Å². The fourth-order valence-corrected chi connectivity index (χ4v) is 0.626. The van der Waals surface area contributed by atoms with Gasteiger partial charge in [-0.15, -0.1) is 0 Å². The van der Waals surface area contributed by atoms with E-state index in [0.717, 1.165) is 6.42 Å². The Morgan fingerprint density at radius 3 is 2.73 bits per heavy atom. The number of ketones is 1. The average molecular weight is 156 g/mol. The second kappa shape index (κ2) is 6.10. The zero-order valence-corrected chi connectivity index (χ0v) is 7.46. The summed E-state index contributed by atoms with van der Waals surface area (Å²) < 4.78 is 4.77. The minimum absolute atomic E-state index is 0.142. The monoisotopic (exact) mass is 156 g/mol. The minimum atomic E-state index is 0.142. The summed E-state index contributed by atoms with van der Waals surface area (Å²) in [5.74, 6) is 0.327. The van der Waals surface area contributed by atoms with Gasteiger partial charge >= 0.3 is 0 Å². The number of hydrogen-bond donors (Lipinski definition) is 0. The van der Waals surface area contributed by atoms with Crippen LogP contribution in [0, 0.1) is 5.92 Å². The Morgan fingerprint density at radius 2 is 2.27 bits per heavy atom. The van der Waals surface area contributed by atoms with E-state index in [-0.39, 0.29) is 11.7 Å². The molecule has 0 aromatic heterocycles. The molecule has 2 heteroatoms. The number of carbonyl (C=O) groups excluding carboxylic acids is 1. The van der Waals surface area contributed by atoms with Crippen LogP contribution in [0.25, 0.3) is 0 Å². The number of allylic oxidation sites excluding steroid dienone is 1. The third-order valence-corrected chi connectivity index (χ3v) is 1.64. The summed E-state index contributed by atoms with van der Waals surface area (Å²) in [4.78, 5) is 11.1. The second-order valence-electron chi connectivity index (χ2n) is 2.57. The van der Waals surface area contributed by atoms with Crippen molar-refractivity contribution in [3.05, 3.63) is 12.2 Å². The number of ether oxygens (including phenoxy) is 1. The maximum atomic E-state index is 11.1. The summed E-state index contributed by atoms with van der Waals surface area (Å²) >= 11 is 0. The molecule has 1 atom stereocenters. The van der Waals surface area contributed by atoms with Gasteiger partial charge in [0.05, 0.1) is 6.61 Å². The summed E-state index contributed by atoms with van der Waals surface area (Å²) in [6.07, 6.45) is 4.24. The van der Waals surface area contributed by atoms with Gasteiger partial charge in [-0.3, -0.25) is 4.79 Å². The van der Waals surface area contributed by atoms with E-state index >= 15 is 0 Å². The van der Waals surface area contributed by atoms with E-state index in [1.807, 2.05) is 13.8 Å². The highest BCUT2D eigenvalue weighted by Gasteiger charge is 2.04. The SMILES string of the molecule is CCC(C)C(=O)/C=C/COC. The van der Waals surface area contributed by atoms with Gasteiger partial charge in [0.1, 0.15) is 0 Å². The van der Waals surface area contributed by atoms with Gasteiger partial charge < -0.3 is 4.74 Å². The Balaban J connectivity index is 3.67. The molecule has 11 heavy (non-hydrogen) atoms. The van der Waals surface area contributed by atoms with Crippen LogP contribution in [0.1, 0.15) is 20.3 Å². The fraction of sp³-hybridized carbons (Fsp3) is 0.667. The molecule has 0 heterocycles. The molecule has 0 aliphatic rings. The molecule has 0 bridgehead atoms. The van der Waals surface area contributed by atoms with Crippen LogP contribution in [-0.4, -0.2) is 19.5 Å². The normalized spacial score (nSPS) is 13.7. The molecule has 1 unspecified atom stereocenters. The Bertz CT molecular complexity index is 138. The first kappa shape index (κ1) is 10.4. The van der Waals surface area contributed by atoms with E-state index in [4.69, 9.17) is 4.74 Å². The molecule has 0 fully saturated rings. The molecule has 0 radical (unpaired) electrons. The molecule has 0 aliphatic carbocycles. The predicted molar refractivity (Wildman–Crippen MR) is 45.5 cm³/mol. The van der Waals surface area contributed by atoms with Crippen LogP contribution in [0.2, 0.25) is 0 Å². The topological polar surface area (TPSA) is 26.3 Å². The van der Waals surface area contributed by atoms with Crippen LogP contribution in [0.4, 0.5) is 0 Å². The molecule has 0 saturated heterocycles. The summed E-state index contributed by atoms with van der Waals surface area (Å²) in [6.45, 7) is 4.45. The van der Waals surface area contributed by atoms with Crippen LogP contribution in [-0.2, 0) is 9.53 Å². The Labute approximate surface area is 68.2 Å². The lowest BCUT2D eigenvalue weighted by molar-refractivity contribution is -0.117. The van der Waals surface area contributed by atoms with Gasteiger partial charge in [-0.25, -0.2) is 0 Å². The fourth-order valence-electron chi connectivity index (χ4n) is 0.626. The van der Waals surface area contributed by atoms with E-state index in [1.54, 1.807) is 19.3 Å². The predicted octanol–water partition coefficient (Wildman–Crippen LogP) is 1.80. The van der Waals surface area contributed by atoms with Crippen molar-refractivity contribution in [1.82, 2.24) is 0 Å². The Kier molecular flexibility index (Phi) is 5.75. The quantitative estimate of drug-likeness (QED) is 0.567. The van der Waals surface area contributed by atoms with Crippen LogP contribution >= 0.6 is 0 Å². The third-order valence-electron chi connectivity index (χ3n) is 1.64. The first-order valence-electron chi connectivity index (χ1n) is 3.91. The van der Waals surface area contributed by atoms with Crippen molar-refractivity contribution in [2.75, 3.05) is 13.7 Å². The summed E-state index contributed by atoms with van der Waals surface area (Å²) in [7, 11) is 1.61. The smallest absolute Gasteiger partial charge is 0.158 e. The van der Waals surface area contributed by atoms with E-state index in [9.17, 15) is 4.79 Å². The Hall–Kier alpha value is -0.630. The van der Waals surface area contributed by atoms with Gasteiger partial charge in [0, 0.05) is 13.0 Å². The number of rotatable bonds is 5. The second-order valence-corrected chi connectivity index (χ2v) is 2.57. The molecule has 2 nitrogen and oxygen atoms in total. The van der Waals surface area contributed by atoms with E-state index < -0.39 is 0 Å². The van der Waals surface area contributed by atoms with Crippen LogP contribution in [0.15, 0.2) is 12.2 Å². The van der Waals surface area contributed by atoms with Crippen molar-refractivity contribution in [2.24, 2.45) is 5.92 Å². The lowest BCUT2D eigenvalue weighted by Crippen LogP contribution is -2.06. The molecule has 0 amide bonds. The summed E-state index contributed by atoms with van der Waals surface area (Å²) in [5.41, 5.74) is 0. The van der Waals surface area contributed by atoms with Crippen LogP contribution in [0.3, 0.4) is 0 Å². The van der Waals surface area contributed by atoms with Gasteiger partial charge in [-0.2, -0.15) is 0 Å². The number of hydrogen-bond acceptors (Lipinski definition) is 2.